The summed E-state index contributed by atoms with van der Waals surface area (Å²) in [4.78, 5) is 2.63. The number of thiocarbonyl (C=S) groups is 1. The predicted octanol–water partition coefficient (Wildman–Crippen LogP) is 3.27. The zero-order chi connectivity index (χ0) is 13.8. The number of aryl methyl sites for hydroxylation is 1. The van der Waals surface area contributed by atoms with Crippen molar-refractivity contribution < 1.29 is 0 Å². The molecule has 0 saturated heterocycles. The van der Waals surface area contributed by atoms with Gasteiger partial charge < -0.3 is 10.6 Å². The van der Waals surface area contributed by atoms with Crippen LogP contribution in [0.4, 0.5) is 5.69 Å². The molecule has 98 valence electrons. The topological polar surface area (TPSA) is 29.3 Å². The van der Waals surface area contributed by atoms with Gasteiger partial charge in [0.1, 0.15) is 4.99 Å². The monoisotopic (exact) mass is 270 g/mol. The average Bonchev–Trinajstić information content (AvgIpc) is 2.39. The molecule has 2 aromatic carbocycles. The minimum Gasteiger partial charge on any atom is -0.389 e. The molecule has 0 spiro atoms. The van der Waals surface area contributed by atoms with E-state index in [9.17, 15) is 0 Å². The molecule has 0 aromatic heterocycles. The fourth-order valence-electron chi connectivity index (χ4n) is 2.07. The summed E-state index contributed by atoms with van der Waals surface area (Å²) >= 11 is 5.01. The first kappa shape index (κ1) is 13.6. The molecule has 0 bridgehead atoms. The third-order valence-corrected chi connectivity index (χ3v) is 3.31. The van der Waals surface area contributed by atoms with Crippen molar-refractivity contribution in [2.45, 2.75) is 13.5 Å². The van der Waals surface area contributed by atoms with Crippen molar-refractivity contribution in [2.75, 3.05) is 11.9 Å². The van der Waals surface area contributed by atoms with E-state index in [-0.39, 0.29) is 0 Å². The molecule has 0 amide bonds. The Labute approximate surface area is 119 Å². The summed E-state index contributed by atoms with van der Waals surface area (Å²) in [6, 6.07) is 16.5. The van der Waals surface area contributed by atoms with Crippen LogP contribution in [-0.2, 0) is 6.54 Å². The van der Waals surface area contributed by atoms with E-state index in [1.54, 1.807) is 0 Å². The quantitative estimate of drug-likeness (QED) is 0.865. The second kappa shape index (κ2) is 5.85. The molecule has 2 nitrogen and oxygen atoms in total. The second-order valence-corrected chi connectivity index (χ2v) is 5.20. The Morgan fingerprint density at radius 1 is 1.16 bits per heavy atom. The lowest BCUT2D eigenvalue weighted by molar-refractivity contribution is 0.921. The van der Waals surface area contributed by atoms with Gasteiger partial charge in [0, 0.05) is 24.8 Å². The molecule has 0 atom stereocenters. The van der Waals surface area contributed by atoms with Gasteiger partial charge in [-0.2, -0.15) is 0 Å². The van der Waals surface area contributed by atoms with E-state index in [4.69, 9.17) is 18.0 Å². The van der Waals surface area contributed by atoms with Gasteiger partial charge in [-0.15, -0.1) is 0 Å². The lowest BCUT2D eigenvalue weighted by atomic mass is 10.1. The predicted molar refractivity (Wildman–Crippen MR) is 85.6 cm³/mol. The highest BCUT2D eigenvalue weighted by Gasteiger charge is 2.04. The first-order chi connectivity index (χ1) is 9.06. The maximum atomic E-state index is 5.67. The van der Waals surface area contributed by atoms with E-state index in [2.05, 4.69) is 49.2 Å². The lowest BCUT2D eigenvalue weighted by Crippen LogP contribution is -2.17. The van der Waals surface area contributed by atoms with E-state index >= 15 is 0 Å². The Kier molecular flexibility index (Phi) is 4.17. The number of anilines is 1. The Bertz CT molecular complexity index is 593. The summed E-state index contributed by atoms with van der Waals surface area (Å²) in [6.07, 6.45) is 0. The molecule has 0 radical (unpaired) electrons. The highest BCUT2D eigenvalue weighted by molar-refractivity contribution is 7.80. The van der Waals surface area contributed by atoms with Crippen molar-refractivity contribution in [3.8, 4) is 0 Å². The third kappa shape index (κ3) is 3.55. The molecule has 2 N–H and O–H groups in total. The first-order valence-electron chi connectivity index (χ1n) is 6.23. The highest BCUT2D eigenvalue weighted by Crippen LogP contribution is 2.17. The molecule has 19 heavy (non-hydrogen) atoms. The van der Waals surface area contributed by atoms with Crippen molar-refractivity contribution in [3.05, 3.63) is 65.2 Å². The molecule has 0 aliphatic rings. The molecule has 0 fully saturated rings. The summed E-state index contributed by atoms with van der Waals surface area (Å²) in [5, 5.41) is 0. The van der Waals surface area contributed by atoms with Gasteiger partial charge in [-0.25, -0.2) is 0 Å². The molecule has 0 saturated carbocycles. The number of hydrogen-bond acceptors (Lipinski definition) is 2. The average molecular weight is 270 g/mol. The fourth-order valence-corrected chi connectivity index (χ4v) is 2.20. The van der Waals surface area contributed by atoms with E-state index in [1.807, 2.05) is 18.2 Å². The lowest BCUT2D eigenvalue weighted by Gasteiger charge is -2.20. The van der Waals surface area contributed by atoms with Crippen LogP contribution in [0.15, 0.2) is 48.5 Å². The van der Waals surface area contributed by atoms with Crippen LogP contribution in [0.1, 0.15) is 16.7 Å². The SMILES string of the molecule is Cc1cccc(CN(C)c2cccc(C(N)=S)c2)c1. The van der Waals surface area contributed by atoms with Gasteiger partial charge in [-0.3, -0.25) is 0 Å². The minimum absolute atomic E-state index is 0.436. The van der Waals surface area contributed by atoms with Crippen LogP contribution in [0.5, 0.6) is 0 Å². The maximum absolute atomic E-state index is 5.67. The van der Waals surface area contributed by atoms with Gasteiger partial charge in [0.15, 0.2) is 0 Å². The standard InChI is InChI=1S/C16H18N2S/c1-12-5-3-6-13(9-12)11-18(2)15-8-4-7-14(10-15)16(17)19/h3-10H,11H2,1-2H3,(H2,17,19). The van der Waals surface area contributed by atoms with Crippen molar-refractivity contribution in [1.29, 1.82) is 0 Å². The summed E-state index contributed by atoms with van der Waals surface area (Å²) in [7, 11) is 2.07. The van der Waals surface area contributed by atoms with Crippen molar-refractivity contribution >= 4 is 22.9 Å². The molecular weight excluding hydrogens is 252 g/mol. The molecular formula is C16H18N2S. The van der Waals surface area contributed by atoms with Gasteiger partial charge in [0.2, 0.25) is 0 Å². The second-order valence-electron chi connectivity index (χ2n) is 4.76. The van der Waals surface area contributed by atoms with Crippen LogP contribution in [-0.4, -0.2) is 12.0 Å². The normalized spacial score (nSPS) is 10.2. The fraction of sp³-hybridized carbons (Fsp3) is 0.188. The summed E-state index contributed by atoms with van der Waals surface area (Å²) < 4.78 is 0. The van der Waals surface area contributed by atoms with Crippen LogP contribution < -0.4 is 10.6 Å². The van der Waals surface area contributed by atoms with Crippen molar-refractivity contribution in [2.24, 2.45) is 5.73 Å². The van der Waals surface area contributed by atoms with E-state index < -0.39 is 0 Å². The smallest absolute Gasteiger partial charge is 0.104 e. The number of benzene rings is 2. The number of hydrogen-bond donors (Lipinski definition) is 1. The Hall–Kier alpha value is -1.87. The largest absolute Gasteiger partial charge is 0.389 e. The van der Waals surface area contributed by atoms with Crippen molar-refractivity contribution in [3.63, 3.8) is 0 Å². The Morgan fingerprint density at radius 2 is 1.89 bits per heavy atom. The Morgan fingerprint density at radius 3 is 2.58 bits per heavy atom. The summed E-state index contributed by atoms with van der Waals surface area (Å²) in [5.41, 5.74) is 10.3. The van der Waals surface area contributed by atoms with Gasteiger partial charge in [0.25, 0.3) is 0 Å². The van der Waals surface area contributed by atoms with Crippen LogP contribution >= 0.6 is 12.2 Å². The first-order valence-corrected chi connectivity index (χ1v) is 6.63. The highest BCUT2D eigenvalue weighted by atomic mass is 32.1. The van der Waals surface area contributed by atoms with Crippen LogP contribution in [0.25, 0.3) is 0 Å². The van der Waals surface area contributed by atoms with Crippen molar-refractivity contribution in [1.82, 2.24) is 0 Å². The Balaban J connectivity index is 2.18. The van der Waals surface area contributed by atoms with E-state index in [1.165, 1.54) is 11.1 Å². The van der Waals surface area contributed by atoms with Crippen LogP contribution in [0, 0.1) is 6.92 Å². The van der Waals surface area contributed by atoms with Gasteiger partial charge in [-0.1, -0.05) is 54.2 Å². The van der Waals surface area contributed by atoms with E-state index in [0.717, 1.165) is 17.8 Å². The zero-order valence-electron chi connectivity index (χ0n) is 11.3. The summed E-state index contributed by atoms with van der Waals surface area (Å²) in [6.45, 7) is 2.97. The summed E-state index contributed by atoms with van der Waals surface area (Å²) in [5.74, 6) is 0. The molecule has 0 aliphatic heterocycles. The molecule has 2 rings (SSSR count). The van der Waals surface area contributed by atoms with Crippen LogP contribution in [0.3, 0.4) is 0 Å². The van der Waals surface area contributed by atoms with Gasteiger partial charge >= 0.3 is 0 Å². The third-order valence-electron chi connectivity index (χ3n) is 3.07. The van der Waals surface area contributed by atoms with E-state index in [0.29, 0.717) is 4.99 Å². The van der Waals surface area contributed by atoms with Gasteiger partial charge in [-0.05, 0) is 24.6 Å². The molecule has 3 heteroatoms. The zero-order valence-corrected chi connectivity index (χ0v) is 12.1. The maximum Gasteiger partial charge on any atom is 0.104 e. The molecule has 0 heterocycles. The molecule has 0 unspecified atom stereocenters. The van der Waals surface area contributed by atoms with Gasteiger partial charge in [0.05, 0.1) is 0 Å². The minimum atomic E-state index is 0.436. The number of rotatable bonds is 4. The molecule has 2 aromatic rings. The van der Waals surface area contributed by atoms with Crippen LogP contribution in [0.2, 0.25) is 0 Å². The number of nitrogens with two attached hydrogens (primary N) is 1. The molecule has 0 aliphatic carbocycles. The number of nitrogens with zero attached hydrogens (tertiary/aromatic N) is 1.